The minimum atomic E-state index is 0.0607. The highest BCUT2D eigenvalue weighted by molar-refractivity contribution is 7.09. The summed E-state index contributed by atoms with van der Waals surface area (Å²) in [5, 5.41) is 3.01. The molecule has 0 bridgehead atoms. The molecule has 0 aliphatic carbocycles. The summed E-state index contributed by atoms with van der Waals surface area (Å²) < 4.78 is 5.63. The lowest BCUT2D eigenvalue weighted by Crippen LogP contribution is -2.31. The predicted molar refractivity (Wildman–Crippen MR) is 69.6 cm³/mol. The smallest absolute Gasteiger partial charge is 0.122 e. The van der Waals surface area contributed by atoms with Gasteiger partial charge in [0.15, 0.2) is 0 Å². The number of aromatic nitrogens is 3. The van der Waals surface area contributed by atoms with Gasteiger partial charge in [0.25, 0.3) is 0 Å². The molecule has 2 unspecified atom stereocenters. The zero-order valence-corrected chi connectivity index (χ0v) is 10.4. The van der Waals surface area contributed by atoms with Crippen molar-refractivity contribution < 1.29 is 4.74 Å². The highest BCUT2D eigenvalue weighted by Gasteiger charge is 2.38. The first-order valence-corrected chi connectivity index (χ1v) is 6.75. The number of hydrogen-bond acceptors (Lipinski definition) is 4. The summed E-state index contributed by atoms with van der Waals surface area (Å²) in [5.41, 5.74) is 2.09. The number of para-hydroxylation sites is 2. The van der Waals surface area contributed by atoms with Gasteiger partial charge >= 0.3 is 0 Å². The topological polar surface area (TPSA) is 50.8 Å². The normalized spacial score (nSPS) is 23.1. The van der Waals surface area contributed by atoms with Crippen LogP contribution in [0.15, 0.2) is 35.8 Å². The molecule has 1 N–H and O–H groups in total. The van der Waals surface area contributed by atoms with Crippen LogP contribution in [0.3, 0.4) is 0 Å². The molecule has 1 aromatic carbocycles. The maximum Gasteiger partial charge on any atom is 0.122 e. The van der Waals surface area contributed by atoms with Crippen molar-refractivity contribution >= 4 is 22.4 Å². The fourth-order valence-electron chi connectivity index (χ4n) is 2.28. The molecule has 0 radical (unpaired) electrons. The SMILES string of the molecule is c1ccc2[nH]c(C3COC3c3nccs3)nc2c1. The van der Waals surface area contributed by atoms with E-state index in [1.807, 2.05) is 35.8 Å². The van der Waals surface area contributed by atoms with Crippen LogP contribution in [-0.2, 0) is 4.74 Å². The van der Waals surface area contributed by atoms with Crippen molar-refractivity contribution in [1.29, 1.82) is 0 Å². The van der Waals surface area contributed by atoms with Crippen molar-refractivity contribution in [2.75, 3.05) is 6.61 Å². The van der Waals surface area contributed by atoms with Gasteiger partial charge in [0, 0.05) is 11.6 Å². The van der Waals surface area contributed by atoms with Gasteiger partial charge in [-0.05, 0) is 12.1 Å². The van der Waals surface area contributed by atoms with Gasteiger partial charge in [-0.2, -0.15) is 0 Å². The number of ether oxygens (including phenoxy) is 1. The molecule has 1 aliphatic rings. The Morgan fingerprint density at radius 2 is 2.28 bits per heavy atom. The Morgan fingerprint density at radius 1 is 1.33 bits per heavy atom. The first-order chi connectivity index (χ1) is 8.92. The molecule has 1 saturated heterocycles. The van der Waals surface area contributed by atoms with Crippen LogP contribution in [0.1, 0.15) is 22.9 Å². The molecule has 18 heavy (non-hydrogen) atoms. The molecular formula is C13H11N3OS. The van der Waals surface area contributed by atoms with Crippen LogP contribution >= 0.6 is 11.3 Å². The lowest BCUT2D eigenvalue weighted by atomic mass is 9.98. The van der Waals surface area contributed by atoms with Crippen molar-refractivity contribution in [1.82, 2.24) is 15.0 Å². The minimum Gasteiger partial charge on any atom is -0.369 e. The molecule has 4 nitrogen and oxygen atoms in total. The van der Waals surface area contributed by atoms with Crippen molar-refractivity contribution in [3.05, 3.63) is 46.7 Å². The molecule has 1 fully saturated rings. The molecule has 5 heteroatoms. The van der Waals surface area contributed by atoms with Gasteiger partial charge in [0.1, 0.15) is 16.9 Å². The van der Waals surface area contributed by atoms with Crippen LogP contribution in [0.4, 0.5) is 0 Å². The summed E-state index contributed by atoms with van der Waals surface area (Å²) in [6, 6.07) is 8.08. The minimum absolute atomic E-state index is 0.0607. The van der Waals surface area contributed by atoms with Crippen LogP contribution in [0, 0.1) is 0 Å². The summed E-state index contributed by atoms with van der Waals surface area (Å²) in [5.74, 6) is 1.30. The maximum absolute atomic E-state index is 5.63. The number of fused-ring (bicyclic) bond motifs is 1. The van der Waals surface area contributed by atoms with Gasteiger partial charge < -0.3 is 9.72 Å². The Bertz CT molecular complexity index is 643. The average molecular weight is 257 g/mol. The second-order valence-corrected chi connectivity index (χ2v) is 5.30. The molecule has 4 rings (SSSR count). The molecule has 0 saturated carbocycles. The van der Waals surface area contributed by atoms with E-state index in [1.165, 1.54) is 0 Å². The van der Waals surface area contributed by atoms with Crippen molar-refractivity contribution in [2.24, 2.45) is 0 Å². The summed E-state index contributed by atoms with van der Waals surface area (Å²) in [6.07, 6.45) is 1.88. The van der Waals surface area contributed by atoms with Gasteiger partial charge in [0.05, 0.1) is 23.6 Å². The third-order valence-corrected chi connectivity index (χ3v) is 4.11. The molecular weight excluding hydrogens is 246 g/mol. The first kappa shape index (κ1) is 10.2. The van der Waals surface area contributed by atoms with Crippen molar-refractivity contribution in [2.45, 2.75) is 12.0 Å². The lowest BCUT2D eigenvalue weighted by molar-refractivity contribution is -0.0823. The average Bonchev–Trinajstić information content (AvgIpc) is 2.95. The fourth-order valence-corrected chi connectivity index (χ4v) is 3.03. The van der Waals surface area contributed by atoms with Gasteiger partial charge in [-0.1, -0.05) is 12.1 Å². The molecule has 0 spiro atoms. The van der Waals surface area contributed by atoms with E-state index in [9.17, 15) is 0 Å². The Kier molecular flexibility index (Phi) is 2.21. The number of hydrogen-bond donors (Lipinski definition) is 1. The van der Waals surface area contributed by atoms with Gasteiger partial charge in [-0.3, -0.25) is 0 Å². The quantitative estimate of drug-likeness (QED) is 0.768. The fraction of sp³-hybridized carbons (Fsp3) is 0.231. The Balaban J connectivity index is 1.71. The summed E-state index contributed by atoms with van der Waals surface area (Å²) >= 11 is 1.63. The summed E-state index contributed by atoms with van der Waals surface area (Å²) in [7, 11) is 0. The van der Waals surface area contributed by atoms with E-state index >= 15 is 0 Å². The van der Waals surface area contributed by atoms with E-state index < -0.39 is 0 Å². The second-order valence-electron chi connectivity index (χ2n) is 4.37. The standard InChI is InChI=1S/C13H11N3OS/c1-2-4-10-9(3-1)15-12(16-10)8-7-17-11(8)13-14-5-6-18-13/h1-6,8,11H,7H2,(H,15,16). The van der Waals surface area contributed by atoms with E-state index in [1.54, 1.807) is 11.3 Å². The van der Waals surface area contributed by atoms with E-state index in [0.717, 1.165) is 21.9 Å². The van der Waals surface area contributed by atoms with Crippen LogP contribution in [0.5, 0.6) is 0 Å². The van der Waals surface area contributed by atoms with E-state index in [2.05, 4.69) is 15.0 Å². The number of H-pyrrole nitrogens is 1. The summed E-state index contributed by atoms with van der Waals surface area (Å²) in [6.45, 7) is 0.712. The lowest BCUT2D eigenvalue weighted by Gasteiger charge is -2.33. The molecule has 1 aliphatic heterocycles. The third kappa shape index (κ3) is 1.48. The van der Waals surface area contributed by atoms with Crippen LogP contribution < -0.4 is 0 Å². The maximum atomic E-state index is 5.63. The largest absolute Gasteiger partial charge is 0.369 e. The molecule has 3 heterocycles. The van der Waals surface area contributed by atoms with Gasteiger partial charge in [-0.25, -0.2) is 9.97 Å². The predicted octanol–water partition coefficient (Wildman–Crippen LogP) is 2.87. The highest BCUT2D eigenvalue weighted by atomic mass is 32.1. The highest BCUT2D eigenvalue weighted by Crippen LogP contribution is 2.42. The Hall–Kier alpha value is -1.72. The van der Waals surface area contributed by atoms with Crippen LogP contribution in [0.2, 0.25) is 0 Å². The first-order valence-electron chi connectivity index (χ1n) is 5.87. The molecule has 3 aromatic rings. The number of nitrogens with one attached hydrogen (secondary N) is 1. The number of thiazole rings is 1. The molecule has 2 atom stereocenters. The monoisotopic (exact) mass is 257 g/mol. The van der Waals surface area contributed by atoms with E-state index in [0.29, 0.717) is 12.5 Å². The zero-order chi connectivity index (χ0) is 11.9. The Labute approximate surface area is 108 Å². The molecule has 90 valence electrons. The zero-order valence-electron chi connectivity index (χ0n) is 9.54. The molecule has 0 amide bonds. The van der Waals surface area contributed by atoms with Crippen LogP contribution in [0.25, 0.3) is 11.0 Å². The van der Waals surface area contributed by atoms with Crippen molar-refractivity contribution in [3.8, 4) is 0 Å². The third-order valence-electron chi connectivity index (χ3n) is 3.27. The number of imidazole rings is 1. The van der Waals surface area contributed by atoms with Gasteiger partial charge in [0.2, 0.25) is 0 Å². The number of aromatic amines is 1. The van der Waals surface area contributed by atoms with Crippen LogP contribution in [-0.4, -0.2) is 21.6 Å². The number of nitrogens with zero attached hydrogens (tertiary/aromatic N) is 2. The van der Waals surface area contributed by atoms with E-state index in [-0.39, 0.29) is 6.10 Å². The number of benzene rings is 1. The van der Waals surface area contributed by atoms with Crippen molar-refractivity contribution in [3.63, 3.8) is 0 Å². The molecule has 2 aromatic heterocycles. The number of rotatable bonds is 2. The van der Waals surface area contributed by atoms with Gasteiger partial charge in [-0.15, -0.1) is 11.3 Å². The Morgan fingerprint density at radius 3 is 3.00 bits per heavy atom. The van der Waals surface area contributed by atoms with E-state index in [4.69, 9.17) is 4.74 Å². The second kappa shape index (κ2) is 3.90. The summed E-state index contributed by atoms with van der Waals surface area (Å²) in [4.78, 5) is 12.3.